The Morgan fingerprint density at radius 3 is 2.62 bits per heavy atom. The van der Waals surface area contributed by atoms with Gasteiger partial charge in [-0.05, 0) is 42.4 Å². The lowest BCUT2D eigenvalue weighted by Crippen LogP contribution is -2.23. The van der Waals surface area contributed by atoms with Crippen LogP contribution >= 0.6 is 0 Å². The van der Waals surface area contributed by atoms with Crippen molar-refractivity contribution < 1.29 is 0 Å². The van der Waals surface area contributed by atoms with Crippen LogP contribution in [0.1, 0.15) is 44.2 Å². The lowest BCUT2D eigenvalue weighted by atomic mass is 10.0. The molecule has 1 aliphatic heterocycles. The lowest BCUT2D eigenvalue weighted by Gasteiger charge is -2.21. The summed E-state index contributed by atoms with van der Waals surface area (Å²) < 4.78 is 0. The summed E-state index contributed by atoms with van der Waals surface area (Å²) in [5.41, 5.74) is 3.17. The first-order valence-electron chi connectivity index (χ1n) is 8.18. The van der Waals surface area contributed by atoms with Gasteiger partial charge in [0.1, 0.15) is 6.07 Å². The molecular weight excluding hydrogens is 258 g/mol. The molecule has 21 heavy (non-hydrogen) atoms. The minimum absolute atomic E-state index is 0.466. The predicted molar refractivity (Wildman–Crippen MR) is 86.2 cm³/mol. The molecule has 1 N–H and O–H groups in total. The molecule has 0 bridgehead atoms. The molecule has 0 radical (unpaired) electrons. The topological polar surface area (TPSA) is 39.1 Å². The molecule has 1 aromatic rings. The van der Waals surface area contributed by atoms with E-state index >= 15 is 0 Å². The number of rotatable bonds is 4. The van der Waals surface area contributed by atoms with Crippen molar-refractivity contribution in [1.29, 1.82) is 5.26 Å². The summed E-state index contributed by atoms with van der Waals surface area (Å²) in [5, 5.41) is 12.9. The second-order valence-electron chi connectivity index (χ2n) is 6.85. The van der Waals surface area contributed by atoms with E-state index in [1.54, 1.807) is 0 Å². The molecule has 0 amide bonds. The standard InChI is InChI=1S/C18H25N3/c1-13(2)20-10-14-6-7-18(17(8-14)9-19)21-11-15-4-3-5-16(15)12-21/h6-8,13,15-16,20H,3-5,10-12H2,1-2H3. The van der Waals surface area contributed by atoms with Gasteiger partial charge in [0, 0.05) is 25.7 Å². The highest BCUT2D eigenvalue weighted by molar-refractivity contribution is 5.61. The van der Waals surface area contributed by atoms with Crippen molar-refractivity contribution >= 4 is 5.69 Å². The molecule has 0 spiro atoms. The molecule has 2 unspecified atom stereocenters. The van der Waals surface area contributed by atoms with E-state index in [0.717, 1.165) is 42.7 Å². The Morgan fingerprint density at radius 2 is 2.00 bits per heavy atom. The van der Waals surface area contributed by atoms with Crippen molar-refractivity contribution in [2.45, 2.75) is 45.7 Å². The van der Waals surface area contributed by atoms with Crippen LogP contribution in [0.25, 0.3) is 0 Å². The van der Waals surface area contributed by atoms with Crippen LogP contribution in [0.2, 0.25) is 0 Å². The molecule has 1 saturated carbocycles. The summed E-state index contributed by atoms with van der Waals surface area (Å²) >= 11 is 0. The highest BCUT2D eigenvalue weighted by Gasteiger charge is 2.36. The Hall–Kier alpha value is -1.53. The van der Waals surface area contributed by atoms with Crippen LogP contribution in [-0.2, 0) is 6.54 Å². The van der Waals surface area contributed by atoms with E-state index in [-0.39, 0.29) is 0 Å². The molecule has 2 fully saturated rings. The van der Waals surface area contributed by atoms with Crippen molar-refractivity contribution in [2.75, 3.05) is 18.0 Å². The van der Waals surface area contributed by atoms with E-state index in [2.05, 4.69) is 48.3 Å². The number of nitrogens with one attached hydrogen (secondary N) is 1. The summed E-state index contributed by atoms with van der Waals surface area (Å²) in [7, 11) is 0. The van der Waals surface area contributed by atoms with Gasteiger partial charge in [-0.15, -0.1) is 0 Å². The zero-order valence-corrected chi connectivity index (χ0v) is 13.1. The van der Waals surface area contributed by atoms with Crippen molar-refractivity contribution in [3.63, 3.8) is 0 Å². The van der Waals surface area contributed by atoms with Crippen LogP contribution in [-0.4, -0.2) is 19.1 Å². The first kappa shape index (κ1) is 14.4. The van der Waals surface area contributed by atoms with Crippen molar-refractivity contribution in [2.24, 2.45) is 11.8 Å². The maximum atomic E-state index is 9.49. The second-order valence-corrected chi connectivity index (χ2v) is 6.85. The monoisotopic (exact) mass is 283 g/mol. The Balaban J connectivity index is 1.75. The molecule has 3 nitrogen and oxygen atoms in total. The molecule has 0 aromatic heterocycles. The normalized spacial score (nSPS) is 24.4. The summed E-state index contributed by atoms with van der Waals surface area (Å²) in [5.74, 6) is 1.72. The van der Waals surface area contributed by atoms with Crippen LogP contribution in [0.15, 0.2) is 18.2 Å². The number of hydrogen-bond acceptors (Lipinski definition) is 3. The largest absolute Gasteiger partial charge is 0.370 e. The van der Waals surface area contributed by atoms with E-state index in [0.29, 0.717) is 6.04 Å². The molecule has 1 aliphatic carbocycles. The van der Waals surface area contributed by atoms with Crippen LogP contribution in [0.5, 0.6) is 0 Å². The summed E-state index contributed by atoms with van der Waals surface area (Å²) in [4.78, 5) is 2.44. The summed E-state index contributed by atoms with van der Waals surface area (Å²) in [6.45, 7) is 7.40. The first-order chi connectivity index (χ1) is 10.2. The predicted octanol–water partition coefficient (Wildman–Crippen LogP) is 3.29. The molecular formula is C18H25N3. The minimum atomic E-state index is 0.466. The fourth-order valence-corrected chi connectivity index (χ4v) is 3.81. The van der Waals surface area contributed by atoms with E-state index in [1.165, 1.54) is 24.8 Å². The lowest BCUT2D eigenvalue weighted by molar-refractivity contribution is 0.494. The van der Waals surface area contributed by atoms with Gasteiger partial charge in [0.15, 0.2) is 0 Å². The van der Waals surface area contributed by atoms with Crippen molar-refractivity contribution in [3.05, 3.63) is 29.3 Å². The zero-order valence-electron chi connectivity index (χ0n) is 13.1. The molecule has 1 saturated heterocycles. The summed E-state index contributed by atoms with van der Waals surface area (Å²) in [6, 6.07) is 9.23. The Labute approximate surface area is 128 Å². The van der Waals surface area contributed by atoms with Gasteiger partial charge in [-0.2, -0.15) is 5.26 Å². The number of hydrogen-bond donors (Lipinski definition) is 1. The van der Waals surface area contributed by atoms with E-state index in [9.17, 15) is 5.26 Å². The number of nitriles is 1. The third-order valence-corrected chi connectivity index (χ3v) is 4.96. The van der Waals surface area contributed by atoms with Crippen LogP contribution in [0, 0.1) is 23.2 Å². The highest BCUT2D eigenvalue weighted by atomic mass is 15.2. The smallest absolute Gasteiger partial charge is 0.101 e. The van der Waals surface area contributed by atoms with E-state index in [4.69, 9.17) is 0 Å². The molecule has 3 heteroatoms. The van der Waals surface area contributed by atoms with Crippen LogP contribution in [0.3, 0.4) is 0 Å². The van der Waals surface area contributed by atoms with Gasteiger partial charge >= 0.3 is 0 Å². The Bertz CT molecular complexity index is 532. The average Bonchev–Trinajstić information content (AvgIpc) is 3.05. The SMILES string of the molecule is CC(C)NCc1ccc(N2CC3CCCC3C2)c(C#N)c1. The van der Waals surface area contributed by atoms with Crippen LogP contribution in [0.4, 0.5) is 5.69 Å². The van der Waals surface area contributed by atoms with Gasteiger partial charge in [-0.3, -0.25) is 0 Å². The van der Waals surface area contributed by atoms with Gasteiger partial charge in [0.2, 0.25) is 0 Å². The van der Waals surface area contributed by atoms with Gasteiger partial charge in [0.05, 0.1) is 11.3 Å². The summed E-state index contributed by atoms with van der Waals surface area (Å²) in [6.07, 6.45) is 4.15. The molecule has 112 valence electrons. The van der Waals surface area contributed by atoms with Crippen molar-refractivity contribution in [1.82, 2.24) is 5.32 Å². The maximum absolute atomic E-state index is 9.49. The number of anilines is 1. The number of benzene rings is 1. The van der Waals surface area contributed by atoms with Crippen molar-refractivity contribution in [3.8, 4) is 6.07 Å². The quantitative estimate of drug-likeness (QED) is 0.921. The molecule has 2 aliphatic rings. The molecule has 3 rings (SSSR count). The maximum Gasteiger partial charge on any atom is 0.101 e. The van der Waals surface area contributed by atoms with E-state index in [1.807, 2.05) is 0 Å². The fraction of sp³-hybridized carbons (Fsp3) is 0.611. The van der Waals surface area contributed by atoms with Gasteiger partial charge < -0.3 is 10.2 Å². The molecule has 2 atom stereocenters. The number of fused-ring (bicyclic) bond motifs is 1. The first-order valence-corrected chi connectivity index (χ1v) is 8.18. The van der Waals surface area contributed by atoms with Gasteiger partial charge in [-0.25, -0.2) is 0 Å². The highest BCUT2D eigenvalue weighted by Crippen LogP contribution is 2.40. The average molecular weight is 283 g/mol. The third kappa shape index (κ3) is 3.06. The number of nitrogens with zero attached hydrogens (tertiary/aromatic N) is 2. The minimum Gasteiger partial charge on any atom is -0.370 e. The second kappa shape index (κ2) is 6.07. The Kier molecular flexibility index (Phi) is 4.17. The Morgan fingerprint density at radius 1 is 1.29 bits per heavy atom. The van der Waals surface area contributed by atoms with E-state index < -0.39 is 0 Å². The van der Waals surface area contributed by atoms with Crippen LogP contribution < -0.4 is 10.2 Å². The molecule has 1 heterocycles. The third-order valence-electron chi connectivity index (χ3n) is 4.96. The van der Waals surface area contributed by atoms with Gasteiger partial charge in [0.25, 0.3) is 0 Å². The van der Waals surface area contributed by atoms with Gasteiger partial charge in [-0.1, -0.05) is 26.3 Å². The molecule has 1 aromatic carbocycles. The zero-order chi connectivity index (χ0) is 14.8. The fourth-order valence-electron chi connectivity index (χ4n) is 3.81.